The fraction of sp³-hybridized carbons (Fsp3) is 0.0500. The molecule has 3 rings (SSSR count). The zero-order valence-corrected chi connectivity index (χ0v) is 14.5. The molecule has 0 fully saturated rings. The van der Waals surface area contributed by atoms with Crippen molar-refractivity contribution in [3.05, 3.63) is 89.4 Å². The monoisotopic (exact) mass is 363 g/mol. The van der Waals surface area contributed by atoms with E-state index in [1.54, 1.807) is 42.5 Å². The molecule has 7 nitrogen and oxygen atoms in total. The highest BCUT2D eigenvalue weighted by Crippen LogP contribution is 2.12. The maximum Gasteiger partial charge on any atom is 0.305 e. The van der Waals surface area contributed by atoms with Crippen molar-refractivity contribution in [1.82, 2.24) is 10.9 Å². The fourth-order valence-electron chi connectivity index (χ4n) is 2.35. The van der Waals surface area contributed by atoms with Crippen molar-refractivity contribution in [3.8, 4) is 0 Å². The molecule has 0 saturated carbocycles. The van der Waals surface area contributed by atoms with Gasteiger partial charge in [-0.25, -0.2) is 0 Å². The van der Waals surface area contributed by atoms with Crippen LogP contribution in [0.5, 0.6) is 0 Å². The first kappa shape index (κ1) is 17.9. The molecule has 2 aromatic carbocycles. The molecule has 0 radical (unpaired) electrons. The van der Waals surface area contributed by atoms with E-state index in [-0.39, 0.29) is 11.7 Å². The van der Waals surface area contributed by atoms with Crippen molar-refractivity contribution in [2.75, 3.05) is 5.32 Å². The van der Waals surface area contributed by atoms with Crippen molar-refractivity contribution < 1.29 is 18.8 Å². The topological polar surface area (TPSA) is 100 Å². The highest BCUT2D eigenvalue weighted by atomic mass is 16.3. The molecule has 0 aliphatic rings. The number of benzene rings is 2. The van der Waals surface area contributed by atoms with Gasteiger partial charge in [-0.3, -0.25) is 25.2 Å². The Bertz CT molecular complexity index is 963. The quantitative estimate of drug-likeness (QED) is 0.621. The smallest absolute Gasteiger partial charge is 0.305 e. The average molecular weight is 363 g/mol. The molecule has 0 aliphatic carbocycles. The molecule has 3 N–H and O–H groups in total. The predicted molar refractivity (Wildman–Crippen MR) is 99.2 cm³/mol. The van der Waals surface area contributed by atoms with Gasteiger partial charge in [-0.1, -0.05) is 17.7 Å². The van der Waals surface area contributed by atoms with Gasteiger partial charge in [-0.05, 0) is 55.5 Å². The normalized spacial score (nSPS) is 10.1. The minimum absolute atomic E-state index is 0.0875. The summed E-state index contributed by atoms with van der Waals surface area (Å²) in [6.07, 6.45) is 1.36. The van der Waals surface area contributed by atoms with Crippen LogP contribution in [0.25, 0.3) is 0 Å². The number of hydrogen-bond donors (Lipinski definition) is 3. The lowest BCUT2D eigenvalue weighted by Gasteiger charge is -2.08. The third-order valence-corrected chi connectivity index (χ3v) is 3.72. The molecular formula is C20H17N3O4. The first-order chi connectivity index (χ1) is 13.0. The number of carbonyl (C=O) groups is 3. The molecule has 0 bridgehead atoms. The zero-order chi connectivity index (χ0) is 19.2. The highest BCUT2D eigenvalue weighted by molar-refractivity contribution is 6.04. The van der Waals surface area contributed by atoms with Crippen LogP contribution >= 0.6 is 0 Å². The van der Waals surface area contributed by atoms with Crippen LogP contribution in [-0.2, 0) is 0 Å². The Labute approximate surface area is 155 Å². The van der Waals surface area contributed by atoms with Crippen LogP contribution in [0.1, 0.15) is 36.8 Å². The van der Waals surface area contributed by atoms with Gasteiger partial charge in [-0.15, -0.1) is 0 Å². The number of furan rings is 1. The Hall–Kier alpha value is -3.87. The van der Waals surface area contributed by atoms with Crippen LogP contribution in [0, 0.1) is 6.92 Å². The molecule has 3 aromatic rings. The van der Waals surface area contributed by atoms with Gasteiger partial charge in [0.25, 0.3) is 11.8 Å². The second-order valence-electron chi connectivity index (χ2n) is 5.79. The van der Waals surface area contributed by atoms with E-state index >= 15 is 0 Å². The number of hydrazine groups is 1. The van der Waals surface area contributed by atoms with Crippen molar-refractivity contribution in [3.63, 3.8) is 0 Å². The molecule has 1 aromatic heterocycles. The minimum atomic E-state index is -0.560. The summed E-state index contributed by atoms with van der Waals surface area (Å²) in [7, 11) is 0. The number of carbonyl (C=O) groups excluding carboxylic acids is 3. The first-order valence-electron chi connectivity index (χ1n) is 8.15. The molecule has 0 aliphatic heterocycles. The Morgan fingerprint density at radius 3 is 2.19 bits per heavy atom. The molecule has 0 unspecified atom stereocenters. The van der Waals surface area contributed by atoms with E-state index in [1.165, 1.54) is 12.3 Å². The molecule has 3 amide bonds. The van der Waals surface area contributed by atoms with Gasteiger partial charge in [0.05, 0.1) is 6.26 Å². The van der Waals surface area contributed by atoms with Crippen molar-refractivity contribution in [1.29, 1.82) is 0 Å². The summed E-state index contributed by atoms with van der Waals surface area (Å²) < 4.78 is 4.93. The SMILES string of the molecule is Cc1cccc(C(=O)Nc2ccc(C(=O)NNC(=O)c3ccco3)cc2)c1. The number of amides is 3. The van der Waals surface area contributed by atoms with Crippen LogP contribution in [0.3, 0.4) is 0 Å². The third-order valence-electron chi connectivity index (χ3n) is 3.72. The van der Waals surface area contributed by atoms with Crippen molar-refractivity contribution in [2.24, 2.45) is 0 Å². The van der Waals surface area contributed by atoms with E-state index in [0.29, 0.717) is 16.8 Å². The van der Waals surface area contributed by atoms with Gasteiger partial charge in [0.15, 0.2) is 5.76 Å². The number of hydrogen-bond acceptors (Lipinski definition) is 4. The van der Waals surface area contributed by atoms with E-state index in [2.05, 4.69) is 16.2 Å². The van der Waals surface area contributed by atoms with Crippen molar-refractivity contribution >= 4 is 23.4 Å². The Balaban J connectivity index is 1.57. The maximum atomic E-state index is 12.2. The van der Waals surface area contributed by atoms with Gasteiger partial charge in [0.2, 0.25) is 0 Å². The summed E-state index contributed by atoms with van der Waals surface area (Å²) in [4.78, 5) is 36.0. The van der Waals surface area contributed by atoms with Crippen molar-refractivity contribution in [2.45, 2.75) is 6.92 Å². The van der Waals surface area contributed by atoms with Crippen LogP contribution in [0.2, 0.25) is 0 Å². The summed E-state index contributed by atoms with van der Waals surface area (Å²) in [6.45, 7) is 1.91. The standard InChI is InChI=1S/C20H17N3O4/c1-13-4-2-5-15(12-13)18(24)21-16-9-7-14(8-10-16)19(25)22-23-20(26)17-6-3-11-27-17/h2-12H,1H3,(H,21,24)(H,22,25)(H,23,26). The Morgan fingerprint density at radius 2 is 1.52 bits per heavy atom. The third kappa shape index (κ3) is 4.60. The van der Waals surface area contributed by atoms with Crippen LogP contribution in [-0.4, -0.2) is 17.7 Å². The van der Waals surface area contributed by atoms with Crippen LogP contribution in [0.4, 0.5) is 5.69 Å². The second-order valence-corrected chi connectivity index (χ2v) is 5.79. The largest absolute Gasteiger partial charge is 0.459 e. The number of anilines is 1. The minimum Gasteiger partial charge on any atom is -0.459 e. The van der Waals surface area contributed by atoms with E-state index in [9.17, 15) is 14.4 Å². The van der Waals surface area contributed by atoms with Gasteiger partial charge >= 0.3 is 5.91 Å². The molecular weight excluding hydrogens is 346 g/mol. The number of rotatable bonds is 4. The van der Waals surface area contributed by atoms with Crippen LogP contribution in [0.15, 0.2) is 71.3 Å². The average Bonchev–Trinajstić information content (AvgIpc) is 3.21. The van der Waals surface area contributed by atoms with Gasteiger partial charge in [0.1, 0.15) is 0 Å². The van der Waals surface area contributed by atoms with E-state index in [4.69, 9.17) is 4.42 Å². The summed E-state index contributed by atoms with van der Waals surface area (Å²) >= 11 is 0. The maximum absolute atomic E-state index is 12.2. The molecule has 7 heteroatoms. The molecule has 0 spiro atoms. The van der Waals surface area contributed by atoms with E-state index in [1.807, 2.05) is 19.1 Å². The summed E-state index contributed by atoms with van der Waals surface area (Å²) in [5.41, 5.74) is 6.97. The lowest BCUT2D eigenvalue weighted by Crippen LogP contribution is -2.41. The van der Waals surface area contributed by atoms with Gasteiger partial charge < -0.3 is 9.73 Å². The highest BCUT2D eigenvalue weighted by Gasteiger charge is 2.11. The lowest BCUT2D eigenvalue weighted by atomic mass is 10.1. The molecule has 0 atom stereocenters. The summed E-state index contributed by atoms with van der Waals surface area (Å²) in [5.74, 6) is -1.20. The van der Waals surface area contributed by atoms with Gasteiger partial charge in [-0.2, -0.15) is 0 Å². The predicted octanol–water partition coefficient (Wildman–Crippen LogP) is 2.92. The molecule has 27 heavy (non-hydrogen) atoms. The first-order valence-corrected chi connectivity index (χ1v) is 8.15. The summed E-state index contributed by atoms with van der Waals surface area (Å²) in [5, 5.41) is 2.77. The van der Waals surface area contributed by atoms with Gasteiger partial charge in [0, 0.05) is 16.8 Å². The van der Waals surface area contributed by atoms with E-state index in [0.717, 1.165) is 5.56 Å². The number of nitrogens with one attached hydrogen (secondary N) is 3. The Kier molecular flexibility index (Phi) is 5.32. The summed E-state index contributed by atoms with van der Waals surface area (Å²) in [6, 6.07) is 16.6. The fourth-order valence-corrected chi connectivity index (χ4v) is 2.35. The molecule has 0 saturated heterocycles. The Morgan fingerprint density at radius 1 is 0.778 bits per heavy atom. The second kappa shape index (κ2) is 8.01. The lowest BCUT2D eigenvalue weighted by molar-refractivity contribution is 0.0831. The van der Waals surface area contributed by atoms with E-state index < -0.39 is 11.8 Å². The number of aryl methyl sites for hydroxylation is 1. The van der Waals surface area contributed by atoms with Crippen LogP contribution < -0.4 is 16.2 Å². The molecule has 1 heterocycles. The molecule has 136 valence electrons. The zero-order valence-electron chi connectivity index (χ0n) is 14.5.